The fraction of sp³-hybridized carbons (Fsp3) is 0.214. The molecule has 1 aromatic rings. The van der Waals surface area contributed by atoms with E-state index in [0.717, 1.165) is 35.5 Å². The Morgan fingerprint density at radius 3 is 3.00 bits per heavy atom. The second-order valence-corrected chi connectivity index (χ2v) is 4.34. The van der Waals surface area contributed by atoms with Crippen LogP contribution in [-0.2, 0) is 0 Å². The predicted molar refractivity (Wildman–Crippen MR) is 67.6 cm³/mol. The highest BCUT2D eigenvalue weighted by Gasteiger charge is 2.25. The van der Waals surface area contributed by atoms with Gasteiger partial charge < -0.3 is 10.2 Å². The maximum Gasteiger partial charge on any atom is 0.259 e. The van der Waals surface area contributed by atoms with E-state index in [1.807, 2.05) is 31.3 Å². The van der Waals surface area contributed by atoms with E-state index in [9.17, 15) is 4.79 Å². The highest BCUT2D eigenvalue weighted by Crippen LogP contribution is 2.30. The number of fused-ring (bicyclic) bond motifs is 1. The Morgan fingerprint density at radius 1 is 1.29 bits per heavy atom. The highest BCUT2D eigenvalue weighted by atomic mass is 16.2. The quantitative estimate of drug-likeness (QED) is 0.737. The van der Waals surface area contributed by atoms with E-state index in [0.29, 0.717) is 0 Å². The first kappa shape index (κ1) is 10.1. The summed E-state index contributed by atoms with van der Waals surface area (Å²) in [5.74, 6) is 0.0633. The van der Waals surface area contributed by atoms with Gasteiger partial charge in [-0.05, 0) is 31.1 Å². The second kappa shape index (κ2) is 3.77. The molecule has 0 saturated heterocycles. The van der Waals surface area contributed by atoms with E-state index in [2.05, 4.69) is 17.5 Å². The van der Waals surface area contributed by atoms with E-state index < -0.39 is 0 Å². The van der Waals surface area contributed by atoms with E-state index in [1.165, 1.54) is 0 Å². The van der Waals surface area contributed by atoms with Gasteiger partial charge in [-0.2, -0.15) is 0 Å². The number of benzene rings is 1. The third kappa shape index (κ3) is 1.55. The van der Waals surface area contributed by atoms with Crippen LogP contribution in [0.1, 0.15) is 23.2 Å². The van der Waals surface area contributed by atoms with Crippen LogP contribution in [0.25, 0.3) is 0 Å². The largest absolute Gasteiger partial charge is 0.353 e. The fourth-order valence-electron chi connectivity index (χ4n) is 2.34. The van der Waals surface area contributed by atoms with Gasteiger partial charge in [-0.25, -0.2) is 0 Å². The van der Waals surface area contributed by atoms with E-state index >= 15 is 0 Å². The maximum absolute atomic E-state index is 12.3. The molecule has 0 unspecified atom stereocenters. The van der Waals surface area contributed by atoms with Crippen molar-refractivity contribution in [1.82, 2.24) is 4.90 Å². The summed E-state index contributed by atoms with van der Waals surface area (Å²) in [5, 5.41) is 3.35. The molecule has 86 valence electrons. The molecule has 1 amide bonds. The van der Waals surface area contributed by atoms with Crippen LogP contribution in [0.3, 0.4) is 0 Å². The number of nitrogens with zero attached hydrogens (tertiary/aromatic N) is 1. The van der Waals surface area contributed by atoms with Gasteiger partial charge in [0, 0.05) is 12.7 Å². The molecule has 0 radical (unpaired) electrons. The molecule has 3 nitrogen and oxygen atoms in total. The molecule has 3 heteroatoms. The monoisotopic (exact) mass is 226 g/mol. The van der Waals surface area contributed by atoms with Crippen molar-refractivity contribution in [3.05, 3.63) is 53.4 Å². The number of hydrogen-bond donors (Lipinski definition) is 1. The number of para-hydroxylation sites is 1. The Bertz CT molecular complexity index is 543. The van der Waals surface area contributed by atoms with Gasteiger partial charge in [-0.15, -0.1) is 0 Å². The molecule has 0 aromatic heterocycles. The molecule has 1 aromatic carbocycles. The number of amides is 1. The average Bonchev–Trinajstić information content (AvgIpc) is 2.48. The first-order chi connectivity index (χ1) is 8.27. The first-order valence-electron chi connectivity index (χ1n) is 5.81. The van der Waals surface area contributed by atoms with E-state index in [4.69, 9.17) is 0 Å². The van der Waals surface area contributed by atoms with Crippen molar-refractivity contribution in [3.8, 4) is 0 Å². The Morgan fingerprint density at radius 2 is 2.12 bits per heavy atom. The Kier molecular flexibility index (Phi) is 2.25. The van der Waals surface area contributed by atoms with Crippen molar-refractivity contribution >= 4 is 11.6 Å². The zero-order chi connectivity index (χ0) is 11.8. The number of anilines is 1. The van der Waals surface area contributed by atoms with Crippen LogP contribution in [0.2, 0.25) is 0 Å². The van der Waals surface area contributed by atoms with Crippen molar-refractivity contribution in [3.63, 3.8) is 0 Å². The van der Waals surface area contributed by atoms with Crippen molar-refractivity contribution in [1.29, 1.82) is 0 Å². The second-order valence-electron chi connectivity index (χ2n) is 4.34. The molecule has 0 spiro atoms. The van der Waals surface area contributed by atoms with Crippen molar-refractivity contribution in [2.45, 2.75) is 12.8 Å². The summed E-state index contributed by atoms with van der Waals surface area (Å²) >= 11 is 0. The summed E-state index contributed by atoms with van der Waals surface area (Å²) in [6, 6.07) is 7.65. The smallest absolute Gasteiger partial charge is 0.259 e. The minimum atomic E-state index is 0.0633. The molecule has 1 N–H and O–H groups in total. The number of carbonyl (C=O) groups excluding carboxylic acids is 1. The lowest BCUT2D eigenvalue weighted by molar-refractivity contribution is 0.0833. The van der Waals surface area contributed by atoms with Gasteiger partial charge in [0.1, 0.15) is 0 Å². The molecule has 0 saturated carbocycles. The number of hydrogen-bond acceptors (Lipinski definition) is 2. The minimum Gasteiger partial charge on any atom is -0.353 e. The molecule has 0 fully saturated rings. The summed E-state index contributed by atoms with van der Waals surface area (Å²) in [6.45, 7) is 0. The van der Waals surface area contributed by atoms with Gasteiger partial charge in [0.15, 0.2) is 0 Å². The molecule has 0 atom stereocenters. The Hall–Kier alpha value is -2.03. The van der Waals surface area contributed by atoms with Crippen LogP contribution < -0.4 is 5.32 Å². The number of allylic oxidation sites excluding steroid dienone is 3. The molecule has 3 rings (SSSR count). The number of nitrogens with one attached hydrogen (secondary N) is 1. The third-order valence-corrected chi connectivity index (χ3v) is 3.28. The summed E-state index contributed by atoms with van der Waals surface area (Å²) < 4.78 is 0. The van der Waals surface area contributed by atoms with Gasteiger partial charge in [-0.1, -0.05) is 18.2 Å². The molecular weight excluding hydrogens is 212 g/mol. The van der Waals surface area contributed by atoms with Gasteiger partial charge >= 0.3 is 0 Å². The predicted octanol–water partition coefficient (Wildman–Crippen LogP) is 2.75. The standard InChI is InChI=1S/C14H14N2O/c1-16-13-9-5-4-8-12(13)15-11-7-3-2-6-10(11)14(16)17/h2-4,6-8,15H,5,9H2,1H3. The van der Waals surface area contributed by atoms with E-state index in [1.54, 1.807) is 4.90 Å². The van der Waals surface area contributed by atoms with E-state index in [-0.39, 0.29) is 5.91 Å². The SMILES string of the molecule is CN1C(=O)c2ccccc2NC2=C1CCC=C2. The van der Waals surface area contributed by atoms with Crippen molar-refractivity contribution in [2.75, 3.05) is 12.4 Å². The minimum absolute atomic E-state index is 0.0633. The van der Waals surface area contributed by atoms with Crippen LogP contribution in [-0.4, -0.2) is 17.9 Å². The van der Waals surface area contributed by atoms with Crippen LogP contribution in [0.15, 0.2) is 47.8 Å². The fourth-order valence-corrected chi connectivity index (χ4v) is 2.34. The molecule has 1 aliphatic carbocycles. The zero-order valence-corrected chi connectivity index (χ0v) is 9.73. The molecule has 1 aliphatic heterocycles. The Labute approximate surface area is 100 Å². The summed E-state index contributed by atoms with van der Waals surface area (Å²) in [6.07, 6.45) is 6.10. The van der Waals surface area contributed by atoms with Crippen molar-refractivity contribution in [2.24, 2.45) is 0 Å². The first-order valence-corrected chi connectivity index (χ1v) is 5.81. The van der Waals surface area contributed by atoms with Gasteiger partial charge in [-0.3, -0.25) is 4.79 Å². The summed E-state index contributed by atoms with van der Waals surface area (Å²) in [7, 11) is 1.85. The molecule has 17 heavy (non-hydrogen) atoms. The third-order valence-electron chi connectivity index (χ3n) is 3.28. The number of carbonyl (C=O) groups is 1. The van der Waals surface area contributed by atoms with Gasteiger partial charge in [0.05, 0.1) is 16.9 Å². The lowest BCUT2D eigenvalue weighted by Gasteiger charge is -2.22. The topological polar surface area (TPSA) is 32.3 Å². The lowest BCUT2D eigenvalue weighted by Crippen LogP contribution is -2.26. The van der Waals surface area contributed by atoms with Crippen LogP contribution in [0.4, 0.5) is 5.69 Å². The van der Waals surface area contributed by atoms with Gasteiger partial charge in [0.25, 0.3) is 5.91 Å². The normalized spacial score (nSPS) is 18.4. The molecule has 1 heterocycles. The molecular formula is C14H14N2O. The van der Waals surface area contributed by atoms with Crippen LogP contribution >= 0.6 is 0 Å². The zero-order valence-electron chi connectivity index (χ0n) is 9.73. The average molecular weight is 226 g/mol. The van der Waals surface area contributed by atoms with Crippen LogP contribution in [0.5, 0.6) is 0 Å². The molecule has 2 aliphatic rings. The summed E-state index contributed by atoms with van der Waals surface area (Å²) in [5.41, 5.74) is 3.74. The summed E-state index contributed by atoms with van der Waals surface area (Å²) in [4.78, 5) is 14.1. The maximum atomic E-state index is 12.3. The molecule has 0 bridgehead atoms. The van der Waals surface area contributed by atoms with Crippen molar-refractivity contribution < 1.29 is 4.79 Å². The number of rotatable bonds is 0. The highest BCUT2D eigenvalue weighted by molar-refractivity contribution is 6.01. The van der Waals surface area contributed by atoms with Gasteiger partial charge in [0.2, 0.25) is 0 Å². The Balaban J connectivity index is 2.16. The lowest BCUT2D eigenvalue weighted by atomic mass is 10.1. The van der Waals surface area contributed by atoms with Crippen LogP contribution in [0, 0.1) is 0 Å².